The van der Waals surface area contributed by atoms with Crippen molar-refractivity contribution in [2.45, 2.75) is 23.8 Å². The monoisotopic (exact) mass is 304 g/mol. The van der Waals surface area contributed by atoms with E-state index in [0.717, 1.165) is 19.4 Å². The molecule has 0 saturated carbocycles. The van der Waals surface area contributed by atoms with Crippen molar-refractivity contribution in [1.82, 2.24) is 19.2 Å². The van der Waals surface area contributed by atoms with Crippen LogP contribution in [0.3, 0.4) is 0 Å². The number of likely N-dealkylation sites (tertiary alicyclic amines) is 1. The summed E-state index contributed by atoms with van der Waals surface area (Å²) in [4.78, 5) is 9.68. The number of rotatable bonds is 4. The first-order valence-corrected chi connectivity index (χ1v) is 7.87. The minimum Gasteiger partial charge on any atom is -0.302 e. The molecule has 2 rings (SSSR count). The Morgan fingerprint density at radius 2 is 2.11 bits per heavy atom. The molecule has 6 nitrogen and oxygen atoms in total. The van der Waals surface area contributed by atoms with Crippen molar-refractivity contribution < 1.29 is 8.42 Å². The molecule has 1 aliphatic heterocycles. The highest BCUT2D eigenvalue weighted by Crippen LogP contribution is 2.19. The third kappa shape index (κ3) is 3.22. The highest BCUT2D eigenvalue weighted by Gasteiger charge is 2.28. The van der Waals surface area contributed by atoms with Crippen molar-refractivity contribution in [1.29, 1.82) is 0 Å². The molecule has 0 spiro atoms. The quantitative estimate of drug-likeness (QED) is 0.771. The van der Waals surface area contributed by atoms with Gasteiger partial charge in [-0.25, -0.2) is 18.4 Å². The highest BCUT2D eigenvalue weighted by molar-refractivity contribution is 7.89. The molecule has 1 aromatic heterocycles. The lowest BCUT2D eigenvalue weighted by Gasteiger charge is -2.25. The lowest BCUT2D eigenvalue weighted by molar-refractivity contribution is 0.271. The Kier molecular flexibility index (Phi) is 4.39. The summed E-state index contributed by atoms with van der Waals surface area (Å²) in [5, 5.41) is 0.0390. The van der Waals surface area contributed by atoms with Crippen LogP contribution < -0.4 is 0 Å². The van der Waals surface area contributed by atoms with Crippen LogP contribution in [0.5, 0.6) is 0 Å². The van der Waals surface area contributed by atoms with Gasteiger partial charge in [0, 0.05) is 19.6 Å². The van der Waals surface area contributed by atoms with Crippen LogP contribution in [-0.4, -0.2) is 60.8 Å². The molecule has 2 heterocycles. The molecule has 1 aliphatic rings. The first-order chi connectivity index (χ1) is 8.91. The van der Waals surface area contributed by atoms with E-state index in [1.165, 1.54) is 16.7 Å². The highest BCUT2D eigenvalue weighted by atomic mass is 35.5. The lowest BCUT2D eigenvalue weighted by Crippen LogP contribution is -2.39. The van der Waals surface area contributed by atoms with Crippen LogP contribution in [0.1, 0.15) is 12.8 Å². The molecule has 0 N–H and O–H groups in total. The van der Waals surface area contributed by atoms with Gasteiger partial charge in [-0.15, -0.1) is 0 Å². The molecule has 106 valence electrons. The predicted octanol–water partition coefficient (Wildman–Crippen LogP) is 0.845. The molecule has 1 saturated heterocycles. The van der Waals surface area contributed by atoms with Crippen LogP contribution in [-0.2, 0) is 10.0 Å². The fraction of sp³-hybridized carbons (Fsp3) is 0.636. The molecular weight excluding hydrogens is 288 g/mol. The maximum atomic E-state index is 12.3. The number of nitrogens with zero attached hydrogens (tertiary/aromatic N) is 4. The molecule has 0 bridgehead atoms. The van der Waals surface area contributed by atoms with Crippen molar-refractivity contribution in [2.24, 2.45) is 0 Å². The van der Waals surface area contributed by atoms with Crippen LogP contribution in [0.2, 0.25) is 5.28 Å². The first-order valence-electron chi connectivity index (χ1n) is 6.05. The minimum absolute atomic E-state index is 0.0390. The van der Waals surface area contributed by atoms with Crippen LogP contribution in [0, 0.1) is 0 Å². The van der Waals surface area contributed by atoms with Crippen LogP contribution in [0.4, 0.5) is 0 Å². The molecule has 1 unspecified atom stereocenters. The summed E-state index contributed by atoms with van der Waals surface area (Å²) in [6.07, 6.45) is 4.60. The van der Waals surface area contributed by atoms with E-state index in [-0.39, 0.29) is 16.2 Å². The summed E-state index contributed by atoms with van der Waals surface area (Å²) >= 11 is 5.56. The molecule has 8 heteroatoms. The molecule has 1 atom stereocenters. The number of sulfonamides is 1. The fourth-order valence-corrected chi connectivity index (χ4v) is 3.42. The molecule has 0 radical (unpaired) electrons. The average molecular weight is 305 g/mol. The Hall–Kier alpha value is -0.760. The van der Waals surface area contributed by atoms with Gasteiger partial charge < -0.3 is 4.90 Å². The Labute approximate surface area is 118 Å². The maximum absolute atomic E-state index is 12.3. The Morgan fingerprint density at radius 1 is 1.47 bits per heavy atom. The number of halogens is 1. The van der Waals surface area contributed by atoms with Gasteiger partial charge >= 0.3 is 0 Å². The average Bonchev–Trinajstić information content (AvgIpc) is 2.75. The van der Waals surface area contributed by atoms with E-state index < -0.39 is 10.0 Å². The molecule has 1 aromatic rings. The van der Waals surface area contributed by atoms with Gasteiger partial charge in [-0.2, -0.15) is 4.31 Å². The van der Waals surface area contributed by atoms with Gasteiger partial charge in [0.05, 0.1) is 12.4 Å². The second kappa shape index (κ2) is 5.70. The van der Waals surface area contributed by atoms with E-state index in [9.17, 15) is 8.42 Å². The standard InChI is InChI=1S/C11H17ClN4O2S/c1-15-5-3-4-9(15)8-16(2)19(17,18)10-6-13-11(12)14-7-10/h6-7,9H,3-5,8H2,1-2H3. The van der Waals surface area contributed by atoms with E-state index in [4.69, 9.17) is 11.6 Å². The fourth-order valence-electron chi connectivity index (χ4n) is 2.22. The zero-order chi connectivity index (χ0) is 14.0. The van der Waals surface area contributed by atoms with E-state index in [0.29, 0.717) is 6.54 Å². The van der Waals surface area contributed by atoms with E-state index in [1.807, 2.05) is 7.05 Å². The summed E-state index contributed by atoms with van der Waals surface area (Å²) in [5.41, 5.74) is 0. The molecule has 0 amide bonds. The SMILES string of the molecule is CN1CCCC1CN(C)S(=O)(=O)c1cnc(Cl)nc1. The summed E-state index contributed by atoms with van der Waals surface area (Å²) in [5.74, 6) is 0. The van der Waals surface area contributed by atoms with Crippen molar-refractivity contribution in [3.8, 4) is 0 Å². The van der Waals surface area contributed by atoms with Gasteiger partial charge in [-0.1, -0.05) is 0 Å². The van der Waals surface area contributed by atoms with Crippen molar-refractivity contribution in [3.63, 3.8) is 0 Å². The normalized spacial score (nSPS) is 21.2. The third-order valence-corrected chi connectivity index (χ3v) is 5.42. The predicted molar refractivity (Wildman–Crippen MR) is 72.5 cm³/mol. The van der Waals surface area contributed by atoms with Gasteiger partial charge in [-0.3, -0.25) is 0 Å². The maximum Gasteiger partial charge on any atom is 0.245 e. The van der Waals surface area contributed by atoms with Crippen molar-refractivity contribution >= 4 is 21.6 Å². The van der Waals surface area contributed by atoms with Gasteiger partial charge in [0.15, 0.2) is 0 Å². The molecule has 0 aliphatic carbocycles. The Balaban J connectivity index is 2.12. The molecule has 1 fully saturated rings. The lowest BCUT2D eigenvalue weighted by atomic mass is 10.2. The summed E-state index contributed by atoms with van der Waals surface area (Å²) in [6.45, 7) is 1.49. The van der Waals surface area contributed by atoms with Gasteiger partial charge in [0.1, 0.15) is 4.90 Å². The van der Waals surface area contributed by atoms with E-state index in [2.05, 4.69) is 14.9 Å². The summed E-state index contributed by atoms with van der Waals surface area (Å²) in [7, 11) is 0.0532. The molecular formula is C11H17ClN4O2S. The summed E-state index contributed by atoms with van der Waals surface area (Å²) < 4.78 is 26.0. The zero-order valence-electron chi connectivity index (χ0n) is 11.0. The smallest absolute Gasteiger partial charge is 0.245 e. The number of hydrogen-bond donors (Lipinski definition) is 0. The van der Waals surface area contributed by atoms with Crippen molar-refractivity contribution in [3.05, 3.63) is 17.7 Å². The number of likely N-dealkylation sites (N-methyl/N-ethyl adjacent to an activating group) is 2. The topological polar surface area (TPSA) is 66.4 Å². The second-order valence-electron chi connectivity index (χ2n) is 4.75. The van der Waals surface area contributed by atoms with Crippen LogP contribution >= 0.6 is 11.6 Å². The van der Waals surface area contributed by atoms with Crippen molar-refractivity contribution in [2.75, 3.05) is 27.2 Å². The van der Waals surface area contributed by atoms with Crippen LogP contribution in [0.15, 0.2) is 17.3 Å². The third-order valence-electron chi connectivity index (χ3n) is 3.44. The first kappa shape index (κ1) is 14.6. The Morgan fingerprint density at radius 3 is 2.63 bits per heavy atom. The molecule has 19 heavy (non-hydrogen) atoms. The van der Waals surface area contributed by atoms with Crippen LogP contribution in [0.25, 0.3) is 0 Å². The van der Waals surface area contributed by atoms with Gasteiger partial charge in [0.25, 0.3) is 0 Å². The van der Waals surface area contributed by atoms with Gasteiger partial charge in [-0.05, 0) is 38.0 Å². The Bertz CT molecular complexity index is 534. The number of hydrogen-bond acceptors (Lipinski definition) is 5. The molecule has 0 aromatic carbocycles. The second-order valence-corrected chi connectivity index (χ2v) is 7.13. The zero-order valence-corrected chi connectivity index (χ0v) is 12.5. The summed E-state index contributed by atoms with van der Waals surface area (Å²) in [6, 6.07) is 0.271. The van der Waals surface area contributed by atoms with Gasteiger partial charge in [0.2, 0.25) is 15.3 Å². The van der Waals surface area contributed by atoms with E-state index >= 15 is 0 Å². The largest absolute Gasteiger partial charge is 0.302 e. The number of aromatic nitrogens is 2. The minimum atomic E-state index is -3.54. The van der Waals surface area contributed by atoms with E-state index in [1.54, 1.807) is 7.05 Å².